The van der Waals surface area contributed by atoms with Crippen molar-refractivity contribution in [1.82, 2.24) is 24.7 Å². The second kappa shape index (κ2) is 7.86. The Bertz CT molecular complexity index is 698. The first-order chi connectivity index (χ1) is 12.5. The van der Waals surface area contributed by atoms with Crippen molar-refractivity contribution in [3.8, 4) is 6.01 Å². The van der Waals surface area contributed by atoms with E-state index in [-0.39, 0.29) is 18.7 Å². The Hall–Kier alpha value is -2.42. The Morgan fingerprint density at radius 1 is 1.23 bits per heavy atom. The highest BCUT2D eigenvalue weighted by Crippen LogP contribution is 2.18. The van der Waals surface area contributed by atoms with Crippen molar-refractivity contribution in [3.05, 3.63) is 17.4 Å². The zero-order valence-electron chi connectivity index (χ0n) is 14.4. The lowest BCUT2D eigenvalue weighted by atomic mass is 10.1. The second-order valence-corrected chi connectivity index (χ2v) is 6.57. The number of urea groups is 1. The maximum atomic E-state index is 12.7. The number of piperazine rings is 1. The second-order valence-electron chi connectivity index (χ2n) is 6.14. The fourth-order valence-corrected chi connectivity index (χ4v) is 3.15. The number of piperidine rings is 1. The fourth-order valence-electron chi connectivity index (χ4n) is 3.05. The van der Waals surface area contributed by atoms with Gasteiger partial charge in [-0.3, -0.25) is 14.5 Å². The molecule has 1 aromatic rings. The molecule has 2 saturated heterocycles. The normalized spacial score (nSPS) is 21.2. The number of carbonyl (C=O) groups is 3. The molecular formula is C16H20ClN5O4. The first kappa shape index (κ1) is 18.4. The van der Waals surface area contributed by atoms with E-state index in [4.69, 9.17) is 16.3 Å². The van der Waals surface area contributed by atoms with Gasteiger partial charge in [-0.05, 0) is 19.8 Å². The van der Waals surface area contributed by atoms with Crippen LogP contribution >= 0.6 is 11.6 Å². The molecule has 2 aliphatic rings. The van der Waals surface area contributed by atoms with Crippen molar-refractivity contribution >= 4 is 29.4 Å². The number of hydrogen-bond donors (Lipinski definition) is 0. The standard InChI is InChI=1S/C16H20ClN5O4/c1-2-20-6-7-22(14(24)13(20)23)16(25)21-5-3-4-12(10-21)26-15-18-8-11(17)9-19-15/h8-9,12H,2-7,10H2,1H3. The van der Waals surface area contributed by atoms with Crippen molar-refractivity contribution in [2.45, 2.75) is 25.9 Å². The number of aromatic nitrogens is 2. The number of imide groups is 1. The number of amides is 4. The smallest absolute Gasteiger partial charge is 0.327 e. The highest BCUT2D eigenvalue weighted by Gasteiger charge is 2.38. The van der Waals surface area contributed by atoms with Crippen LogP contribution in [0.5, 0.6) is 6.01 Å². The van der Waals surface area contributed by atoms with Gasteiger partial charge < -0.3 is 14.5 Å². The third kappa shape index (κ3) is 3.87. The molecule has 0 spiro atoms. The summed E-state index contributed by atoms with van der Waals surface area (Å²) < 4.78 is 5.71. The summed E-state index contributed by atoms with van der Waals surface area (Å²) >= 11 is 5.75. The summed E-state index contributed by atoms with van der Waals surface area (Å²) in [6.45, 7) is 3.63. The molecule has 0 radical (unpaired) electrons. The maximum absolute atomic E-state index is 12.7. The van der Waals surface area contributed by atoms with E-state index in [1.54, 1.807) is 6.92 Å². The van der Waals surface area contributed by atoms with Gasteiger partial charge in [0.2, 0.25) is 0 Å². The Balaban J connectivity index is 1.62. The number of likely N-dealkylation sites (N-methyl/N-ethyl adjacent to an activating group) is 1. The Labute approximate surface area is 155 Å². The highest BCUT2D eigenvalue weighted by molar-refractivity contribution is 6.38. The minimum absolute atomic E-state index is 0.191. The van der Waals surface area contributed by atoms with E-state index in [0.717, 1.165) is 17.7 Å². The van der Waals surface area contributed by atoms with Crippen molar-refractivity contribution in [2.75, 3.05) is 32.7 Å². The van der Waals surface area contributed by atoms with Crippen LogP contribution in [0, 0.1) is 0 Å². The summed E-state index contributed by atoms with van der Waals surface area (Å²) in [6, 6.07) is -0.263. The summed E-state index contributed by atoms with van der Waals surface area (Å²) in [7, 11) is 0. The minimum Gasteiger partial charge on any atom is -0.458 e. The van der Waals surface area contributed by atoms with Gasteiger partial charge in [-0.2, -0.15) is 0 Å². The molecule has 2 aliphatic heterocycles. The van der Waals surface area contributed by atoms with Crippen LogP contribution < -0.4 is 4.74 Å². The number of halogens is 1. The Kier molecular flexibility index (Phi) is 5.55. The van der Waals surface area contributed by atoms with Gasteiger partial charge in [0.05, 0.1) is 24.0 Å². The molecule has 3 rings (SSSR count). The van der Waals surface area contributed by atoms with Crippen molar-refractivity contribution < 1.29 is 19.1 Å². The zero-order chi connectivity index (χ0) is 18.7. The summed E-state index contributed by atoms with van der Waals surface area (Å²) in [5.41, 5.74) is 0. The molecule has 0 aromatic carbocycles. The number of likely N-dealkylation sites (tertiary alicyclic amines) is 1. The lowest BCUT2D eigenvalue weighted by Crippen LogP contribution is -2.60. The van der Waals surface area contributed by atoms with Crippen LogP contribution in [0.1, 0.15) is 19.8 Å². The number of rotatable bonds is 3. The van der Waals surface area contributed by atoms with Crippen LogP contribution in [0.4, 0.5) is 4.79 Å². The van der Waals surface area contributed by atoms with Crippen LogP contribution in [0.25, 0.3) is 0 Å². The zero-order valence-corrected chi connectivity index (χ0v) is 15.2. The van der Waals surface area contributed by atoms with E-state index in [1.807, 2.05) is 0 Å². The highest BCUT2D eigenvalue weighted by atomic mass is 35.5. The van der Waals surface area contributed by atoms with Gasteiger partial charge in [-0.15, -0.1) is 0 Å². The van der Waals surface area contributed by atoms with Gasteiger partial charge in [-0.25, -0.2) is 14.8 Å². The SMILES string of the molecule is CCN1CCN(C(=O)N2CCCC(Oc3ncc(Cl)cn3)C2)C(=O)C1=O. The molecule has 3 heterocycles. The van der Waals surface area contributed by atoms with Gasteiger partial charge >= 0.3 is 23.9 Å². The Morgan fingerprint density at radius 3 is 2.65 bits per heavy atom. The van der Waals surface area contributed by atoms with Crippen LogP contribution in [0.3, 0.4) is 0 Å². The van der Waals surface area contributed by atoms with Crippen LogP contribution in [0.15, 0.2) is 12.4 Å². The van der Waals surface area contributed by atoms with E-state index >= 15 is 0 Å². The van der Waals surface area contributed by atoms with Crippen molar-refractivity contribution in [2.24, 2.45) is 0 Å². The largest absolute Gasteiger partial charge is 0.458 e. The number of hydrogen-bond acceptors (Lipinski definition) is 6. The topological polar surface area (TPSA) is 95.9 Å². The summed E-state index contributed by atoms with van der Waals surface area (Å²) in [6.07, 6.45) is 4.06. The van der Waals surface area contributed by atoms with Crippen molar-refractivity contribution in [3.63, 3.8) is 0 Å². The number of carbonyl (C=O) groups excluding carboxylic acids is 3. The average Bonchev–Trinajstić information content (AvgIpc) is 2.65. The fraction of sp³-hybridized carbons (Fsp3) is 0.562. The molecule has 4 amide bonds. The maximum Gasteiger partial charge on any atom is 0.327 e. The average molecular weight is 382 g/mol. The van der Waals surface area contributed by atoms with Gasteiger partial charge in [0.15, 0.2) is 0 Å². The molecule has 10 heteroatoms. The number of nitrogens with zero attached hydrogens (tertiary/aromatic N) is 5. The lowest BCUT2D eigenvalue weighted by Gasteiger charge is -2.38. The Morgan fingerprint density at radius 2 is 1.96 bits per heavy atom. The third-order valence-corrected chi connectivity index (χ3v) is 4.63. The third-order valence-electron chi connectivity index (χ3n) is 4.44. The first-order valence-corrected chi connectivity index (χ1v) is 8.91. The van der Waals surface area contributed by atoms with Crippen molar-refractivity contribution in [1.29, 1.82) is 0 Å². The van der Waals surface area contributed by atoms with Gasteiger partial charge in [-0.1, -0.05) is 11.6 Å². The monoisotopic (exact) mass is 381 g/mol. The summed E-state index contributed by atoms with van der Waals surface area (Å²) in [4.78, 5) is 48.9. The molecule has 0 saturated carbocycles. The molecule has 140 valence electrons. The number of ether oxygens (including phenoxy) is 1. The first-order valence-electron chi connectivity index (χ1n) is 8.53. The van der Waals surface area contributed by atoms with E-state index in [9.17, 15) is 14.4 Å². The summed E-state index contributed by atoms with van der Waals surface area (Å²) in [5.74, 6) is -1.40. The molecule has 2 fully saturated rings. The summed E-state index contributed by atoms with van der Waals surface area (Å²) in [5, 5.41) is 0.409. The molecular weight excluding hydrogens is 362 g/mol. The predicted octanol–water partition coefficient (Wildman–Crippen LogP) is 0.784. The molecule has 26 heavy (non-hydrogen) atoms. The molecule has 1 aromatic heterocycles. The molecule has 0 N–H and O–H groups in total. The molecule has 0 bridgehead atoms. The van der Waals surface area contributed by atoms with E-state index in [0.29, 0.717) is 31.2 Å². The molecule has 9 nitrogen and oxygen atoms in total. The van der Waals surface area contributed by atoms with Crippen LogP contribution in [0.2, 0.25) is 5.02 Å². The molecule has 1 unspecified atom stereocenters. The quantitative estimate of drug-likeness (QED) is 0.718. The molecule has 0 aliphatic carbocycles. The van der Waals surface area contributed by atoms with Gasteiger partial charge in [0.25, 0.3) is 0 Å². The minimum atomic E-state index is -0.771. The van der Waals surface area contributed by atoms with Crippen LogP contribution in [-0.4, -0.2) is 81.3 Å². The van der Waals surface area contributed by atoms with Crippen LogP contribution in [-0.2, 0) is 9.59 Å². The van der Waals surface area contributed by atoms with E-state index in [1.165, 1.54) is 22.2 Å². The van der Waals surface area contributed by atoms with E-state index in [2.05, 4.69) is 9.97 Å². The lowest BCUT2D eigenvalue weighted by molar-refractivity contribution is -0.154. The molecule has 1 atom stereocenters. The van der Waals surface area contributed by atoms with E-state index < -0.39 is 17.8 Å². The van der Waals surface area contributed by atoms with Gasteiger partial charge in [0, 0.05) is 26.2 Å². The van der Waals surface area contributed by atoms with Gasteiger partial charge in [0.1, 0.15) is 6.10 Å². The predicted molar refractivity (Wildman–Crippen MR) is 91.6 cm³/mol.